The van der Waals surface area contributed by atoms with Crippen LogP contribution in [0.1, 0.15) is 37.1 Å². The SMILES string of the molecule is CCNC(=NCc1cnc(C)s1)N1CCC(C)(C)C1.I. The molecule has 0 bridgehead atoms. The molecule has 1 N–H and O–H groups in total. The molecule has 0 saturated carbocycles. The maximum absolute atomic E-state index is 4.75. The number of nitrogens with zero attached hydrogens (tertiary/aromatic N) is 3. The van der Waals surface area contributed by atoms with Crippen molar-refractivity contribution >= 4 is 41.3 Å². The van der Waals surface area contributed by atoms with Gasteiger partial charge in [0.15, 0.2) is 5.96 Å². The fourth-order valence-corrected chi connectivity index (χ4v) is 3.07. The highest BCUT2D eigenvalue weighted by Gasteiger charge is 2.30. The Balaban J connectivity index is 0.00000200. The average Bonchev–Trinajstić information content (AvgIpc) is 2.91. The largest absolute Gasteiger partial charge is 0.357 e. The van der Waals surface area contributed by atoms with Crippen LogP contribution in [0, 0.1) is 12.3 Å². The quantitative estimate of drug-likeness (QED) is 0.474. The monoisotopic (exact) mass is 408 g/mol. The number of likely N-dealkylation sites (tertiary alicyclic amines) is 1. The van der Waals surface area contributed by atoms with Crippen molar-refractivity contribution in [1.29, 1.82) is 0 Å². The second-order valence-corrected chi connectivity index (χ2v) is 7.17. The van der Waals surface area contributed by atoms with Crippen molar-refractivity contribution in [3.63, 3.8) is 0 Å². The van der Waals surface area contributed by atoms with Crippen molar-refractivity contribution in [2.45, 2.75) is 40.7 Å². The number of thiazole rings is 1. The summed E-state index contributed by atoms with van der Waals surface area (Å²) in [4.78, 5) is 12.6. The smallest absolute Gasteiger partial charge is 0.194 e. The van der Waals surface area contributed by atoms with Crippen molar-refractivity contribution in [2.24, 2.45) is 10.4 Å². The molecule has 20 heavy (non-hydrogen) atoms. The molecule has 1 aliphatic heterocycles. The van der Waals surface area contributed by atoms with Crippen LogP contribution in [0.2, 0.25) is 0 Å². The molecule has 0 aromatic carbocycles. The lowest BCUT2D eigenvalue weighted by Crippen LogP contribution is -2.40. The van der Waals surface area contributed by atoms with Gasteiger partial charge in [0.05, 0.1) is 11.6 Å². The summed E-state index contributed by atoms with van der Waals surface area (Å²) >= 11 is 1.73. The molecule has 2 rings (SSSR count). The van der Waals surface area contributed by atoms with E-state index in [0.717, 1.165) is 37.1 Å². The minimum absolute atomic E-state index is 0. The van der Waals surface area contributed by atoms with Gasteiger partial charge in [0.1, 0.15) is 0 Å². The summed E-state index contributed by atoms with van der Waals surface area (Å²) in [5.41, 5.74) is 0.400. The van der Waals surface area contributed by atoms with Gasteiger partial charge >= 0.3 is 0 Å². The molecule has 0 radical (unpaired) electrons. The second-order valence-electron chi connectivity index (χ2n) is 5.85. The molecule has 0 amide bonds. The van der Waals surface area contributed by atoms with E-state index in [1.807, 2.05) is 13.1 Å². The molecular weight excluding hydrogens is 383 g/mol. The van der Waals surface area contributed by atoms with Gasteiger partial charge in [-0.2, -0.15) is 0 Å². The number of halogens is 1. The van der Waals surface area contributed by atoms with E-state index in [9.17, 15) is 0 Å². The van der Waals surface area contributed by atoms with Crippen LogP contribution < -0.4 is 5.32 Å². The standard InChI is InChI=1S/C14H24N4S.HI/c1-5-15-13(18-7-6-14(3,4)10-18)17-9-12-8-16-11(2)19-12;/h8H,5-7,9-10H2,1-4H3,(H,15,17);1H. The first kappa shape index (κ1) is 17.7. The van der Waals surface area contributed by atoms with Crippen LogP contribution in [0.5, 0.6) is 0 Å². The third kappa shape index (κ3) is 4.87. The summed E-state index contributed by atoms with van der Waals surface area (Å²) in [5.74, 6) is 1.04. The van der Waals surface area contributed by atoms with Crippen molar-refractivity contribution in [3.8, 4) is 0 Å². The summed E-state index contributed by atoms with van der Waals surface area (Å²) < 4.78 is 0. The molecule has 0 atom stereocenters. The van der Waals surface area contributed by atoms with Crippen molar-refractivity contribution < 1.29 is 0 Å². The Labute approximate surface area is 143 Å². The molecule has 1 saturated heterocycles. The normalized spacial score (nSPS) is 18.0. The third-order valence-corrected chi connectivity index (χ3v) is 4.26. The van der Waals surface area contributed by atoms with Crippen LogP contribution in [0.15, 0.2) is 11.2 Å². The number of hydrogen-bond donors (Lipinski definition) is 1. The van der Waals surface area contributed by atoms with E-state index in [1.165, 1.54) is 11.3 Å². The molecule has 1 aliphatic rings. The van der Waals surface area contributed by atoms with Gasteiger partial charge in [-0.25, -0.2) is 9.98 Å². The average molecular weight is 408 g/mol. The number of hydrogen-bond acceptors (Lipinski definition) is 3. The lowest BCUT2D eigenvalue weighted by molar-refractivity contribution is 0.370. The highest BCUT2D eigenvalue weighted by atomic mass is 127. The second kappa shape index (κ2) is 7.59. The summed E-state index contributed by atoms with van der Waals surface area (Å²) in [6.45, 7) is 12.6. The van der Waals surface area contributed by atoms with E-state index in [2.05, 4.69) is 36.0 Å². The van der Waals surface area contributed by atoms with Gasteiger partial charge in [0, 0.05) is 30.7 Å². The minimum atomic E-state index is 0. The topological polar surface area (TPSA) is 40.5 Å². The van der Waals surface area contributed by atoms with Crippen molar-refractivity contribution in [1.82, 2.24) is 15.2 Å². The number of aromatic nitrogens is 1. The van der Waals surface area contributed by atoms with Crippen LogP contribution in [-0.2, 0) is 6.54 Å². The number of nitrogens with one attached hydrogen (secondary N) is 1. The van der Waals surface area contributed by atoms with Gasteiger partial charge in [-0.1, -0.05) is 13.8 Å². The summed E-state index contributed by atoms with van der Waals surface area (Å²) in [7, 11) is 0. The summed E-state index contributed by atoms with van der Waals surface area (Å²) in [6.07, 6.45) is 3.16. The maximum atomic E-state index is 4.75. The fraction of sp³-hybridized carbons (Fsp3) is 0.714. The fourth-order valence-electron chi connectivity index (χ4n) is 2.35. The molecule has 1 fully saturated rings. The van der Waals surface area contributed by atoms with Crippen LogP contribution in [0.3, 0.4) is 0 Å². The molecule has 114 valence electrons. The molecule has 0 aliphatic carbocycles. The zero-order valence-corrected chi connectivity index (χ0v) is 15.9. The molecule has 2 heterocycles. The molecule has 1 aromatic rings. The van der Waals surface area contributed by atoms with Crippen LogP contribution in [-0.4, -0.2) is 35.5 Å². The van der Waals surface area contributed by atoms with Crippen LogP contribution in [0.4, 0.5) is 0 Å². The number of rotatable bonds is 3. The van der Waals surface area contributed by atoms with E-state index in [1.54, 1.807) is 11.3 Å². The minimum Gasteiger partial charge on any atom is -0.357 e. The molecule has 4 nitrogen and oxygen atoms in total. The number of guanidine groups is 1. The van der Waals surface area contributed by atoms with E-state index in [4.69, 9.17) is 4.99 Å². The zero-order valence-electron chi connectivity index (χ0n) is 12.8. The highest BCUT2D eigenvalue weighted by Crippen LogP contribution is 2.28. The van der Waals surface area contributed by atoms with E-state index < -0.39 is 0 Å². The Morgan fingerprint density at radius 3 is 2.80 bits per heavy atom. The van der Waals surface area contributed by atoms with Gasteiger partial charge in [-0.15, -0.1) is 35.3 Å². The Kier molecular flexibility index (Phi) is 6.71. The van der Waals surface area contributed by atoms with Crippen LogP contribution >= 0.6 is 35.3 Å². The van der Waals surface area contributed by atoms with Gasteiger partial charge in [-0.05, 0) is 25.7 Å². The first-order chi connectivity index (χ1) is 9.00. The molecular formula is C14H25IN4S. The Morgan fingerprint density at radius 2 is 2.30 bits per heavy atom. The van der Waals surface area contributed by atoms with E-state index >= 15 is 0 Å². The molecule has 1 aromatic heterocycles. The summed E-state index contributed by atoms with van der Waals surface area (Å²) in [5, 5.41) is 4.51. The number of aryl methyl sites for hydroxylation is 1. The lowest BCUT2D eigenvalue weighted by Gasteiger charge is -2.23. The first-order valence-electron chi connectivity index (χ1n) is 6.95. The highest BCUT2D eigenvalue weighted by molar-refractivity contribution is 14.0. The van der Waals surface area contributed by atoms with Crippen molar-refractivity contribution in [2.75, 3.05) is 19.6 Å². The molecule has 0 spiro atoms. The maximum Gasteiger partial charge on any atom is 0.194 e. The number of aliphatic imine (C=N–C) groups is 1. The van der Waals surface area contributed by atoms with Gasteiger partial charge in [0.25, 0.3) is 0 Å². The first-order valence-corrected chi connectivity index (χ1v) is 7.76. The van der Waals surface area contributed by atoms with Gasteiger partial charge < -0.3 is 10.2 Å². The Morgan fingerprint density at radius 1 is 1.55 bits per heavy atom. The Bertz CT molecular complexity index is 456. The van der Waals surface area contributed by atoms with E-state index in [0.29, 0.717) is 5.41 Å². The third-order valence-electron chi connectivity index (χ3n) is 3.37. The van der Waals surface area contributed by atoms with Crippen LogP contribution in [0.25, 0.3) is 0 Å². The predicted octanol–water partition coefficient (Wildman–Crippen LogP) is 3.27. The van der Waals surface area contributed by atoms with E-state index in [-0.39, 0.29) is 24.0 Å². The Hall–Kier alpha value is -0.370. The predicted molar refractivity (Wildman–Crippen MR) is 97.1 cm³/mol. The zero-order chi connectivity index (χ0) is 13.9. The van der Waals surface area contributed by atoms with Gasteiger partial charge in [-0.3, -0.25) is 0 Å². The molecule has 0 unspecified atom stereocenters. The van der Waals surface area contributed by atoms with Crippen molar-refractivity contribution in [3.05, 3.63) is 16.1 Å². The summed E-state index contributed by atoms with van der Waals surface area (Å²) in [6, 6.07) is 0. The molecule has 6 heteroatoms. The lowest BCUT2D eigenvalue weighted by atomic mass is 9.93. The van der Waals surface area contributed by atoms with Gasteiger partial charge in [0.2, 0.25) is 0 Å².